The van der Waals surface area contributed by atoms with Crippen molar-refractivity contribution in [1.29, 1.82) is 0 Å². The van der Waals surface area contributed by atoms with Crippen LogP contribution in [0.1, 0.15) is 67.2 Å². The third-order valence-electron chi connectivity index (χ3n) is 5.01. The van der Waals surface area contributed by atoms with Gasteiger partial charge in [0.25, 0.3) is 0 Å². The summed E-state index contributed by atoms with van der Waals surface area (Å²) in [6.07, 6.45) is 5.25. The van der Waals surface area contributed by atoms with Crippen LogP contribution in [0.25, 0.3) is 0 Å². The fourth-order valence-corrected chi connectivity index (χ4v) is 3.60. The molecule has 0 aromatic rings. The van der Waals surface area contributed by atoms with E-state index in [0.717, 1.165) is 6.54 Å². The van der Waals surface area contributed by atoms with E-state index in [1.54, 1.807) is 0 Å². The number of hydrogen-bond acceptors (Lipinski definition) is 2. The second-order valence-corrected chi connectivity index (χ2v) is 8.28. The summed E-state index contributed by atoms with van der Waals surface area (Å²) < 4.78 is 6.57. The summed E-state index contributed by atoms with van der Waals surface area (Å²) in [5, 5.41) is 3.73. The first-order valence-electron chi connectivity index (χ1n) is 7.59. The van der Waals surface area contributed by atoms with Crippen molar-refractivity contribution in [1.82, 2.24) is 5.32 Å². The number of nitrogens with one attached hydrogen (secondary N) is 1. The van der Waals surface area contributed by atoms with E-state index in [1.165, 1.54) is 25.7 Å². The number of ether oxygens (including phenoxy) is 1. The highest BCUT2D eigenvalue weighted by Crippen LogP contribution is 2.45. The summed E-state index contributed by atoms with van der Waals surface area (Å²) in [4.78, 5) is 0. The molecule has 1 aliphatic carbocycles. The molecule has 1 atom stereocenters. The maximum absolute atomic E-state index is 6.57. The molecule has 2 heteroatoms. The molecule has 2 fully saturated rings. The third-order valence-corrected chi connectivity index (χ3v) is 5.01. The van der Waals surface area contributed by atoms with Crippen molar-refractivity contribution in [3.8, 4) is 0 Å². The Balaban J connectivity index is 2.09. The lowest BCUT2D eigenvalue weighted by Crippen LogP contribution is -2.64. The van der Waals surface area contributed by atoms with Gasteiger partial charge >= 0.3 is 0 Å². The van der Waals surface area contributed by atoms with Crippen LogP contribution in [0, 0.1) is 16.7 Å². The third kappa shape index (κ3) is 2.75. The highest BCUT2D eigenvalue weighted by molar-refractivity contribution is 4.97. The van der Waals surface area contributed by atoms with E-state index in [4.69, 9.17) is 4.74 Å². The predicted molar refractivity (Wildman–Crippen MR) is 76.5 cm³/mol. The minimum absolute atomic E-state index is 0.0278. The van der Waals surface area contributed by atoms with Gasteiger partial charge in [0.05, 0.1) is 6.10 Å². The van der Waals surface area contributed by atoms with Crippen molar-refractivity contribution >= 4 is 0 Å². The van der Waals surface area contributed by atoms with E-state index in [9.17, 15) is 0 Å². The van der Waals surface area contributed by atoms with Gasteiger partial charge in [0.2, 0.25) is 0 Å². The van der Waals surface area contributed by atoms with Gasteiger partial charge in [-0.15, -0.1) is 0 Å². The van der Waals surface area contributed by atoms with E-state index >= 15 is 0 Å². The quantitative estimate of drug-likeness (QED) is 0.764. The van der Waals surface area contributed by atoms with Gasteiger partial charge in [-0.05, 0) is 37.0 Å². The van der Waals surface area contributed by atoms with Crippen molar-refractivity contribution in [3.63, 3.8) is 0 Å². The second kappa shape index (κ2) is 4.49. The van der Waals surface area contributed by atoms with Crippen molar-refractivity contribution in [3.05, 3.63) is 0 Å². The fraction of sp³-hybridized carbons (Fsp3) is 1.00. The average Bonchev–Trinajstić information content (AvgIpc) is 2.26. The zero-order chi connectivity index (χ0) is 13.6. The first kappa shape index (κ1) is 14.3. The van der Waals surface area contributed by atoms with Gasteiger partial charge in [-0.1, -0.05) is 41.5 Å². The van der Waals surface area contributed by atoms with Crippen LogP contribution < -0.4 is 5.32 Å². The molecule has 1 saturated carbocycles. The van der Waals surface area contributed by atoms with E-state index in [0.29, 0.717) is 17.4 Å². The van der Waals surface area contributed by atoms with Gasteiger partial charge in [-0.25, -0.2) is 0 Å². The molecule has 0 radical (unpaired) electrons. The lowest BCUT2D eigenvalue weighted by molar-refractivity contribution is -0.221. The summed E-state index contributed by atoms with van der Waals surface area (Å²) in [6.45, 7) is 15.1. The van der Waals surface area contributed by atoms with Crippen LogP contribution >= 0.6 is 0 Å². The Hall–Kier alpha value is -0.0800. The van der Waals surface area contributed by atoms with Crippen molar-refractivity contribution < 1.29 is 4.74 Å². The molecule has 0 aromatic carbocycles. The van der Waals surface area contributed by atoms with Crippen LogP contribution in [0.3, 0.4) is 0 Å². The molecule has 0 bridgehead atoms. The molecule has 0 amide bonds. The van der Waals surface area contributed by atoms with Gasteiger partial charge in [-0.2, -0.15) is 0 Å². The first-order valence-corrected chi connectivity index (χ1v) is 7.59. The smallest absolute Gasteiger partial charge is 0.119 e. The van der Waals surface area contributed by atoms with Gasteiger partial charge in [0.1, 0.15) is 5.72 Å². The Morgan fingerprint density at radius 1 is 1.00 bits per heavy atom. The van der Waals surface area contributed by atoms with E-state index in [2.05, 4.69) is 46.9 Å². The molecule has 1 N–H and O–H groups in total. The van der Waals surface area contributed by atoms with Gasteiger partial charge in [0.15, 0.2) is 0 Å². The van der Waals surface area contributed by atoms with Crippen LogP contribution in [0.15, 0.2) is 0 Å². The maximum atomic E-state index is 6.57. The Kier molecular flexibility index (Phi) is 3.57. The molecule has 2 aliphatic rings. The lowest BCUT2D eigenvalue weighted by Gasteiger charge is -2.54. The van der Waals surface area contributed by atoms with E-state index in [1.807, 2.05) is 0 Å². The van der Waals surface area contributed by atoms with Gasteiger partial charge in [0, 0.05) is 12.0 Å². The molecule has 2 rings (SSSR count). The molecule has 0 aromatic heterocycles. The molecule has 1 aliphatic heterocycles. The zero-order valence-electron chi connectivity index (χ0n) is 13.1. The highest BCUT2D eigenvalue weighted by atomic mass is 16.5. The van der Waals surface area contributed by atoms with Crippen LogP contribution in [0.2, 0.25) is 0 Å². The normalized spacial score (nSPS) is 33.8. The molecule has 106 valence electrons. The molecule has 1 spiro atoms. The summed E-state index contributed by atoms with van der Waals surface area (Å²) in [5.74, 6) is 0.592. The zero-order valence-corrected chi connectivity index (χ0v) is 13.1. The van der Waals surface area contributed by atoms with Crippen molar-refractivity contribution in [2.75, 3.05) is 6.54 Å². The molecular formula is C16H31NO. The molecule has 2 nitrogen and oxygen atoms in total. The highest BCUT2D eigenvalue weighted by Gasteiger charge is 2.48. The number of rotatable bonds is 1. The minimum Gasteiger partial charge on any atom is -0.357 e. The molecule has 18 heavy (non-hydrogen) atoms. The van der Waals surface area contributed by atoms with Crippen LogP contribution in [-0.2, 0) is 4.74 Å². The summed E-state index contributed by atoms with van der Waals surface area (Å²) in [6, 6.07) is 0. The molecule has 1 heterocycles. The van der Waals surface area contributed by atoms with Gasteiger partial charge in [-0.3, -0.25) is 5.32 Å². The van der Waals surface area contributed by atoms with Crippen LogP contribution in [0.5, 0.6) is 0 Å². The standard InChI is InChI=1S/C16H31NO/c1-12(2)13-15(5,6)11-17-16(18-13)9-7-14(3,4)8-10-16/h12-13,17H,7-11H2,1-6H3. The van der Waals surface area contributed by atoms with Crippen molar-refractivity contribution in [2.24, 2.45) is 16.7 Å². The summed E-state index contributed by atoms with van der Waals surface area (Å²) in [7, 11) is 0. The molecule has 1 unspecified atom stereocenters. The Labute approximate surface area is 113 Å². The van der Waals surface area contributed by atoms with Crippen molar-refractivity contribution in [2.45, 2.75) is 79.1 Å². The second-order valence-electron chi connectivity index (χ2n) is 8.28. The van der Waals surface area contributed by atoms with E-state index < -0.39 is 0 Å². The summed E-state index contributed by atoms with van der Waals surface area (Å²) >= 11 is 0. The van der Waals surface area contributed by atoms with Gasteiger partial charge < -0.3 is 4.74 Å². The average molecular weight is 253 g/mol. The largest absolute Gasteiger partial charge is 0.357 e. The fourth-order valence-electron chi connectivity index (χ4n) is 3.60. The Bertz CT molecular complexity index is 291. The minimum atomic E-state index is -0.0278. The SMILES string of the molecule is CC(C)C1OC2(CCC(C)(C)CC2)NCC1(C)C. The Morgan fingerprint density at radius 2 is 1.56 bits per heavy atom. The topological polar surface area (TPSA) is 21.3 Å². The lowest BCUT2D eigenvalue weighted by atomic mass is 9.71. The molecule has 1 saturated heterocycles. The summed E-state index contributed by atoms with van der Waals surface area (Å²) in [5.41, 5.74) is 0.711. The van der Waals surface area contributed by atoms with Crippen LogP contribution in [0.4, 0.5) is 0 Å². The van der Waals surface area contributed by atoms with Crippen LogP contribution in [-0.4, -0.2) is 18.4 Å². The maximum Gasteiger partial charge on any atom is 0.119 e. The van der Waals surface area contributed by atoms with E-state index in [-0.39, 0.29) is 11.1 Å². The molecular weight excluding hydrogens is 222 g/mol. The first-order chi connectivity index (χ1) is 8.16. The monoisotopic (exact) mass is 253 g/mol. The number of hydrogen-bond donors (Lipinski definition) is 1. The predicted octanol–water partition coefficient (Wildman–Crippen LogP) is 3.95. The Morgan fingerprint density at radius 3 is 2.06 bits per heavy atom.